The maximum absolute atomic E-state index is 9.27. The van der Waals surface area contributed by atoms with Gasteiger partial charge in [0.25, 0.3) is 0 Å². The van der Waals surface area contributed by atoms with Crippen LogP contribution in [0.2, 0.25) is 0 Å². The van der Waals surface area contributed by atoms with Gasteiger partial charge in [0.15, 0.2) is 0 Å². The summed E-state index contributed by atoms with van der Waals surface area (Å²) in [6.07, 6.45) is 7.89. The van der Waals surface area contributed by atoms with E-state index >= 15 is 0 Å². The highest BCUT2D eigenvalue weighted by Gasteiger charge is 2.25. The first-order valence-electron chi connectivity index (χ1n) is 6.86. The average Bonchev–Trinajstić information content (AvgIpc) is 2.75. The number of piperidine rings is 1. The highest BCUT2D eigenvalue weighted by Crippen LogP contribution is 2.21. The minimum Gasteiger partial charge on any atom is -0.395 e. The lowest BCUT2D eigenvalue weighted by Gasteiger charge is -2.34. The number of aliphatic hydroxyl groups excluding tert-OH is 1. The van der Waals surface area contributed by atoms with Crippen molar-refractivity contribution in [2.24, 2.45) is 0 Å². The molecule has 2 saturated heterocycles. The fourth-order valence-electron chi connectivity index (χ4n) is 3.22. The van der Waals surface area contributed by atoms with E-state index in [1.165, 1.54) is 58.2 Å². The lowest BCUT2D eigenvalue weighted by Crippen LogP contribution is -2.40. The van der Waals surface area contributed by atoms with Crippen molar-refractivity contribution in [3.8, 4) is 0 Å². The summed E-state index contributed by atoms with van der Waals surface area (Å²) >= 11 is 0. The van der Waals surface area contributed by atoms with Gasteiger partial charge in [-0.1, -0.05) is 6.42 Å². The summed E-state index contributed by atoms with van der Waals surface area (Å²) in [6.45, 7) is 4.00. The second kappa shape index (κ2) is 5.99. The number of aliphatic hydroxyl groups is 1. The van der Waals surface area contributed by atoms with E-state index in [9.17, 15) is 5.11 Å². The van der Waals surface area contributed by atoms with E-state index in [0.29, 0.717) is 12.6 Å². The Bertz CT molecular complexity index is 208. The van der Waals surface area contributed by atoms with Crippen LogP contribution in [-0.4, -0.2) is 60.3 Å². The third-order valence-corrected chi connectivity index (χ3v) is 4.38. The first kappa shape index (κ1) is 12.3. The molecule has 16 heavy (non-hydrogen) atoms. The summed E-state index contributed by atoms with van der Waals surface area (Å²) in [7, 11) is 2.26. The minimum absolute atomic E-state index is 0.348. The van der Waals surface area contributed by atoms with Crippen LogP contribution in [0.15, 0.2) is 0 Å². The Hall–Kier alpha value is -0.120. The fourth-order valence-corrected chi connectivity index (χ4v) is 3.22. The van der Waals surface area contributed by atoms with Crippen molar-refractivity contribution in [2.75, 3.05) is 33.3 Å². The van der Waals surface area contributed by atoms with E-state index in [4.69, 9.17) is 0 Å². The van der Waals surface area contributed by atoms with E-state index in [0.717, 1.165) is 6.04 Å². The monoisotopic (exact) mass is 226 g/mol. The molecule has 0 aliphatic carbocycles. The number of hydrogen-bond donors (Lipinski definition) is 1. The Kier molecular flexibility index (Phi) is 4.62. The maximum Gasteiger partial charge on any atom is 0.0586 e. The van der Waals surface area contributed by atoms with Gasteiger partial charge in [-0.25, -0.2) is 0 Å². The van der Waals surface area contributed by atoms with Crippen LogP contribution in [0.5, 0.6) is 0 Å². The van der Waals surface area contributed by atoms with Gasteiger partial charge in [0.2, 0.25) is 0 Å². The molecule has 1 unspecified atom stereocenters. The van der Waals surface area contributed by atoms with Crippen LogP contribution in [-0.2, 0) is 0 Å². The summed E-state index contributed by atoms with van der Waals surface area (Å²) in [4.78, 5) is 5.01. The summed E-state index contributed by atoms with van der Waals surface area (Å²) < 4.78 is 0. The SMILES string of the molecule is CN1CCCCC1CCN1CCC[C@@H]1CO. The second-order valence-electron chi connectivity index (χ2n) is 5.43. The molecule has 0 aromatic rings. The molecule has 0 saturated carbocycles. The Labute approximate surface area is 99.4 Å². The summed E-state index contributed by atoms with van der Waals surface area (Å²) in [5.74, 6) is 0. The van der Waals surface area contributed by atoms with Gasteiger partial charge in [0.1, 0.15) is 0 Å². The predicted octanol–water partition coefficient (Wildman–Crippen LogP) is 1.32. The van der Waals surface area contributed by atoms with E-state index < -0.39 is 0 Å². The smallest absolute Gasteiger partial charge is 0.0586 e. The van der Waals surface area contributed by atoms with Crippen molar-refractivity contribution in [1.29, 1.82) is 0 Å². The van der Waals surface area contributed by atoms with Gasteiger partial charge < -0.3 is 10.0 Å². The van der Waals surface area contributed by atoms with Gasteiger partial charge in [-0.3, -0.25) is 4.90 Å². The molecule has 2 rings (SSSR count). The quantitative estimate of drug-likeness (QED) is 0.783. The van der Waals surface area contributed by atoms with Gasteiger partial charge in [0, 0.05) is 18.6 Å². The molecule has 0 amide bonds. The van der Waals surface area contributed by atoms with E-state index in [1.54, 1.807) is 0 Å². The fraction of sp³-hybridized carbons (Fsp3) is 1.00. The molecule has 3 nitrogen and oxygen atoms in total. The molecule has 2 heterocycles. The molecule has 0 spiro atoms. The van der Waals surface area contributed by atoms with Crippen molar-refractivity contribution in [2.45, 2.75) is 50.6 Å². The third-order valence-electron chi connectivity index (χ3n) is 4.38. The average molecular weight is 226 g/mol. The molecule has 2 atom stereocenters. The zero-order valence-electron chi connectivity index (χ0n) is 10.6. The number of likely N-dealkylation sites (tertiary alicyclic amines) is 2. The van der Waals surface area contributed by atoms with Crippen LogP contribution < -0.4 is 0 Å². The van der Waals surface area contributed by atoms with Crippen LogP contribution in [0.4, 0.5) is 0 Å². The Balaban J connectivity index is 1.73. The molecular weight excluding hydrogens is 200 g/mol. The van der Waals surface area contributed by atoms with Crippen LogP contribution in [0.25, 0.3) is 0 Å². The molecule has 2 fully saturated rings. The van der Waals surface area contributed by atoms with Crippen molar-refractivity contribution < 1.29 is 5.11 Å². The van der Waals surface area contributed by atoms with Gasteiger partial charge in [0.05, 0.1) is 6.61 Å². The molecule has 0 aromatic heterocycles. The van der Waals surface area contributed by atoms with Crippen LogP contribution >= 0.6 is 0 Å². The summed E-state index contributed by atoms with van der Waals surface area (Å²) in [6, 6.07) is 1.24. The van der Waals surface area contributed by atoms with Crippen LogP contribution in [0.1, 0.15) is 38.5 Å². The van der Waals surface area contributed by atoms with Crippen molar-refractivity contribution in [3.63, 3.8) is 0 Å². The molecule has 2 aliphatic rings. The highest BCUT2D eigenvalue weighted by atomic mass is 16.3. The number of rotatable bonds is 4. The lowest BCUT2D eigenvalue weighted by molar-refractivity contribution is 0.126. The van der Waals surface area contributed by atoms with E-state index in [1.807, 2.05) is 0 Å². The predicted molar refractivity (Wildman–Crippen MR) is 66.6 cm³/mol. The molecule has 2 aliphatic heterocycles. The molecule has 3 heteroatoms. The maximum atomic E-state index is 9.27. The molecular formula is C13H26N2O. The van der Waals surface area contributed by atoms with Crippen LogP contribution in [0.3, 0.4) is 0 Å². The Morgan fingerprint density at radius 3 is 2.62 bits per heavy atom. The van der Waals surface area contributed by atoms with E-state index in [-0.39, 0.29) is 0 Å². The molecule has 0 aromatic carbocycles. The normalized spacial score (nSPS) is 33.4. The zero-order chi connectivity index (χ0) is 11.4. The second-order valence-corrected chi connectivity index (χ2v) is 5.43. The lowest BCUT2D eigenvalue weighted by atomic mass is 10.00. The first-order valence-corrected chi connectivity index (χ1v) is 6.86. The Morgan fingerprint density at radius 2 is 1.88 bits per heavy atom. The van der Waals surface area contributed by atoms with E-state index in [2.05, 4.69) is 16.8 Å². The minimum atomic E-state index is 0.348. The molecule has 1 N–H and O–H groups in total. The molecule has 0 bridgehead atoms. The third kappa shape index (κ3) is 2.96. The summed E-state index contributed by atoms with van der Waals surface area (Å²) in [5, 5.41) is 9.27. The summed E-state index contributed by atoms with van der Waals surface area (Å²) in [5.41, 5.74) is 0. The van der Waals surface area contributed by atoms with Crippen molar-refractivity contribution in [3.05, 3.63) is 0 Å². The number of hydrogen-bond acceptors (Lipinski definition) is 3. The van der Waals surface area contributed by atoms with Gasteiger partial charge in [-0.05, 0) is 52.2 Å². The van der Waals surface area contributed by atoms with Crippen molar-refractivity contribution >= 4 is 0 Å². The van der Waals surface area contributed by atoms with Crippen molar-refractivity contribution in [1.82, 2.24) is 9.80 Å². The molecule has 94 valence electrons. The largest absolute Gasteiger partial charge is 0.395 e. The van der Waals surface area contributed by atoms with Gasteiger partial charge >= 0.3 is 0 Å². The first-order chi connectivity index (χ1) is 7.81. The molecule has 0 radical (unpaired) electrons. The number of nitrogens with zero attached hydrogens (tertiary/aromatic N) is 2. The topological polar surface area (TPSA) is 26.7 Å². The highest BCUT2D eigenvalue weighted by molar-refractivity contribution is 4.81. The zero-order valence-corrected chi connectivity index (χ0v) is 10.6. The van der Waals surface area contributed by atoms with Crippen LogP contribution in [0, 0.1) is 0 Å². The van der Waals surface area contributed by atoms with Gasteiger partial charge in [-0.2, -0.15) is 0 Å². The Morgan fingerprint density at radius 1 is 1.06 bits per heavy atom. The van der Waals surface area contributed by atoms with Gasteiger partial charge in [-0.15, -0.1) is 0 Å². The standard InChI is InChI=1S/C13H26N2O/c1-14-8-3-2-5-12(14)7-10-15-9-4-6-13(15)11-16/h12-13,16H,2-11H2,1H3/t12?,13-/m1/s1.